The Balaban J connectivity index is 1.92. The van der Waals surface area contributed by atoms with Crippen LogP contribution in [0, 0.1) is 0 Å². The maximum absolute atomic E-state index is 12.8. The summed E-state index contributed by atoms with van der Waals surface area (Å²) in [5.74, 6) is 0.888. The number of hydrogen-bond acceptors (Lipinski definition) is 7. The summed E-state index contributed by atoms with van der Waals surface area (Å²) in [6.07, 6.45) is 4.38. The Hall–Kier alpha value is -1.94. The molecule has 2 aromatic rings. The quantitative estimate of drug-likeness (QED) is 0.738. The number of ether oxygens (including phenoxy) is 1. The molecule has 0 aromatic carbocycles. The Morgan fingerprint density at radius 2 is 1.89 bits per heavy atom. The fourth-order valence-corrected chi connectivity index (χ4v) is 5.00. The van der Waals surface area contributed by atoms with Gasteiger partial charge in [0.2, 0.25) is 5.88 Å². The molecule has 2 heterocycles. The molecule has 9 heteroatoms. The molecular formula is C18H27N5O3S. The topological polar surface area (TPSA) is 117 Å². The van der Waals surface area contributed by atoms with Crippen LogP contribution < -0.4 is 16.2 Å². The first-order valence-corrected chi connectivity index (χ1v) is 10.1. The van der Waals surface area contributed by atoms with E-state index in [0.717, 1.165) is 21.2 Å². The van der Waals surface area contributed by atoms with Crippen molar-refractivity contribution in [1.82, 2.24) is 14.3 Å². The molecule has 0 radical (unpaired) electrons. The fourth-order valence-electron chi connectivity index (χ4n) is 3.16. The third kappa shape index (κ3) is 3.60. The van der Waals surface area contributed by atoms with Crippen molar-refractivity contribution < 1.29 is 13.1 Å². The van der Waals surface area contributed by atoms with Crippen LogP contribution in [-0.4, -0.2) is 50.7 Å². The number of aromatic nitrogens is 2. The van der Waals surface area contributed by atoms with E-state index in [4.69, 9.17) is 20.4 Å². The summed E-state index contributed by atoms with van der Waals surface area (Å²) >= 11 is 0. The molecule has 148 valence electrons. The molecule has 1 aliphatic carbocycles. The van der Waals surface area contributed by atoms with Crippen molar-refractivity contribution in [2.24, 2.45) is 5.73 Å². The van der Waals surface area contributed by atoms with Crippen LogP contribution in [0.3, 0.4) is 0 Å². The second kappa shape index (κ2) is 6.90. The lowest BCUT2D eigenvalue weighted by atomic mass is 9.92. The van der Waals surface area contributed by atoms with Crippen LogP contribution in [0.4, 0.5) is 5.82 Å². The predicted octanol–water partition coefficient (Wildman–Crippen LogP) is 1.44. The van der Waals surface area contributed by atoms with Crippen LogP contribution >= 0.6 is 0 Å². The van der Waals surface area contributed by atoms with E-state index in [9.17, 15) is 4.21 Å². The summed E-state index contributed by atoms with van der Waals surface area (Å²) in [4.78, 5) is 9.47. The number of fused-ring (bicyclic) bond motifs is 1. The van der Waals surface area contributed by atoms with Crippen molar-refractivity contribution >= 4 is 31.4 Å². The van der Waals surface area contributed by atoms with Crippen molar-refractivity contribution in [2.45, 2.75) is 38.3 Å². The number of pyridine rings is 2. The van der Waals surface area contributed by atoms with Crippen molar-refractivity contribution in [1.29, 1.82) is 0 Å². The number of nitrogens with two attached hydrogens (primary N) is 2. The number of nitrogen functional groups attached to an aromatic ring is 1. The Bertz CT molecular complexity index is 982. The first kappa shape index (κ1) is 19.8. The Labute approximate surface area is 160 Å². The molecule has 1 saturated carbocycles. The maximum atomic E-state index is 12.8. The zero-order chi connectivity index (χ0) is 20.0. The first-order valence-electron chi connectivity index (χ1n) is 8.68. The zero-order valence-electron chi connectivity index (χ0n) is 16.4. The third-order valence-corrected chi connectivity index (χ3v) is 7.19. The molecular weight excluding hydrogens is 366 g/mol. The maximum Gasteiger partial charge on any atom is 0.223 e. The van der Waals surface area contributed by atoms with Crippen molar-refractivity contribution in [2.75, 3.05) is 26.9 Å². The van der Waals surface area contributed by atoms with Gasteiger partial charge in [-0.3, -0.25) is 4.18 Å². The highest BCUT2D eigenvalue weighted by Gasteiger charge is 2.34. The lowest BCUT2D eigenvalue weighted by Crippen LogP contribution is -2.42. The van der Waals surface area contributed by atoms with Gasteiger partial charge in [-0.2, -0.15) is 0 Å². The van der Waals surface area contributed by atoms with E-state index in [1.54, 1.807) is 36.9 Å². The molecule has 3 rings (SSSR count). The summed E-state index contributed by atoms with van der Waals surface area (Å²) in [7, 11) is 2.36. The third-order valence-electron chi connectivity index (χ3n) is 4.71. The van der Waals surface area contributed by atoms with Gasteiger partial charge in [0.05, 0.1) is 12.5 Å². The van der Waals surface area contributed by atoms with Crippen molar-refractivity contribution in [3.8, 4) is 5.88 Å². The summed E-state index contributed by atoms with van der Waals surface area (Å²) in [5.41, 5.74) is 12.4. The van der Waals surface area contributed by atoms with Gasteiger partial charge < -0.3 is 16.2 Å². The van der Waals surface area contributed by atoms with Crippen molar-refractivity contribution in [3.05, 3.63) is 24.0 Å². The highest BCUT2D eigenvalue weighted by Crippen LogP contribution is 2.34. The number of hydrogen-bond donors (Lipinski definition) is 2. The lowest BCUT2D eigenvalue weighted by Gasteiger charge is -2.33. The van der Waals surface area contributed by atoms with E-state index in [-0.39, 0.29) is 6.10 Å². The Morgan fingerprint density at radius 1 is 1.22 bits per heavy atom. The van der Waals surface area contributed by atoms with Gasteiger partial charge in [0.1, 0.15) is 21.9 Å². The van der Waals surface area contributed by atoms with Crippen LogP contribution in [-0.2, 0) is 19.7 Å². The molecule has 1 fully saturated rings. The van der Waals surface area contributed by atoms with E-state index in [1.165, 1.54) is 7.11 Å². The summed E-state index contributed by atoms with van der Waals surface area (Å²) in [6.45, 7) is 3.83. The van der Waals surface area contributed by atoms with Gasteiger partial charge in [-0.1, -0.05) is 0 Å². The minimum atomic E-state index is -2.58. The van der Waals surface area contributed by atoms with Gasteiger partial charge >= 0.3 is 0 Å². The van der Waals surface area contributed by atoms with E-state index in [1.807, 2.05) is 13.8 Å². The number of anilines is 1. The second-order valence-corrected chi connectivity index (χ2v) is 10.1. The SMILES string of the molecule is COS(=O)(=C1CC(Oc2ncc(C(C)(C)N)c3cc(N)ncc23)C1)N(C)C. The second-order valence-electron chi connectivity index (χ2n) is 7.49. The summed E-state index contributed by atoms with van der Waals surface area (Å²) in [5, 5.41) is 1.63. The first-order chi connectivity index (χ1) is 12.6. The molecule has 4 N–H and O–H groups in total. The minimum Gasteiger partial charge on any atom is -0.473 e. The van der Waals surface area contributed by atoms with Gasteiger partial charge in [-0.15, -0.1) is 0 Å². The fraction of sp³-hybridized carbons (Fsp3) is 0.500. The van der Waals surface area contributed by atoms with Gasteiger partial charge in [0, 0.05) is 49.7 Å². The normalized spacial score (nSPS) is 17.8. The zero-order valence-corrected chi connectivity index (χ0v) is 17.2. The standard InChI is InChI=1S/C18H27N5O3S/c1-18(2,20)15-10-22-17(14-9-21-16(19)8-13(14)15)26-11-6-12(7-11)27(24,25-5)23(3)4/h8-11H,6-7,20H2,1-5H3,(H2,19,21). The molecule has 0 spiro atoms. The molecule has 0 bridgehead atoms. The van der Waals surface area contributed by atoms with E-state index in [0.29, 0.717) is 24.5 Å². The monoisotopic (exact) mass is 393 g/mol. The van der Waals surface area contributed by atoms with Crippen LogP contribution in [0.5, 0.6) is 5.88 Å². The molecule has 0 saturated heterocycles. The molecule has 1 aliphatic rings. The highest BCUT2D eigenvalue weighted by molar-refractivity contribution is 7.96. The summed E-state index contributed by atoms with van der Waals surface area (Å²) < 4.78 is 25.7. The summed E-state index contributed by atoms with van der Waals surface area (Å²) in [6, 6.07) is 1.79. The molecule has 1 unspecified atom stereocenters. The lowest BCUT2D eigenvalue weighted by molar-refractivity contribution is 0.188. The molecule has 2 aromatic heterocycles. The van der Waals surface area contributed by atoms with Gasteiger partial charge in [-0.25, -0.2) is 18.5 Å². The van der Waals surface area contributed by atoms with Gasteiger partial charge in [-0.05, 0) is 30.9 Å². The van der Waals surface area contributed by atoms with Crippen LogP contribution in [0.1, 0.15) is 32.3 Å². The van der Waals surface area contributed by atoms with E-state index >= 15 is 0 Å². The van der Waals surface area contributed by atoms with Crippen molar-refractivity contribution in [3.63, 3.8) is 0 Å². The predicted molar refractivity (Wildman–Crippen MR) is 109 cm³/mol. The molecule has 8 nitrogen and oxygen atoms in total. The molecule has 0 amide bonds. The average molecular weight is 394 g/mol. The molecule has 27 heavy (non-hydrogen) atoms. The van der Waals surface area contributed by atoms with E-state index in [2.05, 4.69) is 9.97 Å². The smallest absolute Gasteiger partial charge is 0.223 e. The highest BCUT2D eigenvalue weighted by atomic mass is 32.2. The van der Waals surface area contributed by atoms with Gasteiger partial charge in [0.25, 0.3) is 0 Å². The Kier molecular flexibility index (Phi) is 5.06. The minimum absolute atomic E-state index is 0.110. The molecule has 1 atom stereocenters. The number of nitrogens with zero attached hydrogens (tertiary/aromatic N) is 3. The van der Waals surface area contributed by atoms with Crippen LogP contribution in [0.15, 0.2) is 18.5 Å². The van der Waals surface area contributed by atoms with Gasteiger partial charge in [0.15, 0.2) is 0 Å². The number of rotatable bonds is 5. The van der Waals surface area contributed by atoms with E-state index < -0.39 is 15.5 Å². The van der Waals surface area contributed by atoms with Crippen LogP contribution in [0.25, 0.3) is 10.8 Å². The largest absolute Gasteiger partial charge is 0.473 e. The Morgan fingerprint density at radius 3 is 2.44 bits per heavy atom. The average Bonchev–Trinajstić information content (AvgIpc) is 2.55. The molecule has 0 aliphatic heterocycles. The van der Waals surface area contributed by atoms with Crippen LogP contribution in [0.2, 0.25) is 0 Å².